The molecule has 2 fully saturated rings. The summed E-state index contributed by atoms with van der Waals surface area (Å²) in [5.41, 5.74) is 0. The fourth-order valence-corrected chi connectivity index (χ4v) is 10.0. The predicted octanol–water partition coefficient (Wildman–Crippen LogP) is 10.1. The molecule has 0 aromatic rings. The van der Waals surface area contributed by atoms with Gasteiger partial charge in [0.1, 0.15) is 48.8 Å². The van der Waals surface area contributed by atoms with Crippen LogP contribution in [0.15, 0.2) is 24.3 Å². The molecule has 0 saturated carbocycles. The zero-order valence-corrected chi connectivity index (χ0v) is 46.1. The Morgan fingerprint density at radius 2 is 0.904 bits per heavy atom. The van der Waals surface area contributed by atoms with Crippen molar-refractivity contribution in [2.75, 3.05) is 19.8 Å². The SMILES string of the molecule is CCCCCCC/C=C\C/C=C\CCCCCCCCCCCCCCCCCC(=O)NC(COC1OC(CO)C(OC2OC(CO)C(O)C(O)C2O)C(O)C1O)C(O)CCCCCCCCCCCCCC. The summed E-state index contributed by atoms with van der Waals surface area (Å²) >= 11 is 0. The molecule has 12 unspecified atom stereocenters. The highest BCUT2D eigenvalue weighted by Crippen LogP contribution is 2.30. The molecule has 0 aliphatic carbocycles. The molecular weight excluding hydrogens is 931 g/mol. The predicted molar refractivity (Wildman–Crippen MR) is 291 cm³/mol. The number of amides is 1. The maximum Gasteiger partial charge on any atom is 0.220 e. The van der Waals surface area contributed by atoms with Crippen molar-refractivity contribution in [1.82, 2.24) is 5.32 Å². The minimum atomic E-state index is -1.78. The number of aliphatic hydroxyl groups excluding tert-OH is 8. The average Bonchev–Trinajstić information content (AvgIpc) is 3.39. The quantitative estimate of drug-likeness (QED) is 0.0204. The van der Waals surface area contributed by atoms with E-state index in [9.17, 15) is 45.6 Å². The Hall–Kier alpha value is -1.53. The highest BCUT2D eigenvalue weighted by atomic mass is 16.7. The van der Waals surface area contributed by atoms with Gasteiger partial charge in [-0.15, -0.1) is 0 Å². The van der Waals surface area contributed by atoms with Gasteiger partial charge in [0.15, 0.2) is 12.6 Å². The van der Waals surface area contributed by atoms with Crippen LogP contribution in [0.4, 0.5) is 0 Å². The number of hydrogen-bond donors (Lipinski definition) is 9. The Bertz CT molecular complexity index is 1320. The number of rotatable bonds is 48. The van der Waals surface area contributed by atoms with E-state index < -0.39 is 86.8 Å². The van der Waals surface area contributed by atoms with Crippen molar-refractivity contribution < 1.29 is 64.6 Å². The van der Waals surface area contributed by atoms with Crippen molar-refractivity contribution in [2.45, 2.75) is 325 Å². The third kappa shape index (κ3) is 31.5. The molecule has 0 aromatic carbocycles. The van der Waals surface area contributed by atoms with Crippen LogP contribution in [-0.2, 0) is 23.7 Å². The molecule has 14 heteroatoms. The van der Waals surface area contributed by atoms with Crippen LogP contribution in [0.2, 0.25) is 0 Å². The minimum Gasteiger partial charge on any atom is -0.394 e. The second-order valence-corrected chi connectivity index (χ2v) is 21.5. The van der Waals surface area contributed by atoms with Crippen molar-refractivity contribution >= 4 is 5.91 Å². The van der Waals surface area contributed by atoms with Gasteiger partial charge in [0.05, 0.1) is 32.0 Å². The third-order valence-corrected chi connectivity index (χ3v) is 14.9. The molecule has 14 nitrogen and oxygen atoms in total. The van der Waals surface area contributed by atoms with Gasteiger partial charge in [-0.1, -0.05) is 224 Å². The van der Waals surface area contributed by atoms with Crippen LogP contribution in [0.25, 0.3) is 0 Å². The van der Waals surface area contributed by atoms with E-state index in [-0.39, 0.29) is 12.5 Å². The van der Waals surface area contributed by atoms with Crippen LogP contribution >= 0.6 is 0 Å². The van der Waals surface area contributed by atoms with Gasteiger partial charge in [0.2, 0.25) is 5.91 Å². The van der Waals surface area contributed by atoms with Crippen LogP contribution < -0.4 is 5.32 Å². The van der Waals surface area contributed by atoms with E-state index in [0.717, 1.165) is 57.8 Å². The van der Waals surface area contributed by atoms with Crippen molar-refractivity contribution in [3.05, 3.63) is 24.3 Å². The van der Waals surface area contributed by atoms with E-state index in [1.165, 1.54) is 167 Å². The lowest BCUT2D eigenvalue weighted by Gasteiger charge is -2.46. The molecule has 2 aliphatic rings. The first-order valence-corrected chi connectivity index (χ1v) is 30.1. The number of nitrogens with one attached hydrogen (secondary N) is 1. The lowest BCUT2D eigenvalue weighted by Crippen LogP contribution is -2.65. The summed E-state index contributed by atoms with van der Waals surface area (Å²) in [4.78, 5) is 13.3. The van der Waals surface area contributed by atoms with Gasteiger partial charge < -0.3 is 65.1 Å². The van der Waals surface area contributed by atoms with E-state index in [0.29, 0.717) is 12.8 Å². The van der Waals surface area contributed by atoms with E-state index in [1.54, 1.807) is 0 Å². The maximum atomic E-state index is 13.3. The first kappa shape index (κ1) is 67.6. The molecule has 1 amide bonds. The van der Waals surface area contributed by atoms with Crippen LogP contribution in [0.1, 0.15) is 251 Å². The zero-order chi connectivity index (χ0) is 53.2. The summed E-state index contributed by atoms with van der Waals surface area (Å²) in [7, 11) is 0. The standard InChI is InChI=1S/C59H111NO13/c1-3-5-7-9-11-13-15-17-18-19-20-21-22-23-24-25-26-27-28-29-30-31-33-35-37-39-41-43-51(64)60-47(48(63)42-40-38-36-34-32-16-14-12-10-8-6-4-2)46-70-58-56(69)54(67)57(50(45-62)72-58)73-59-55(68)53(66)52(65)49(44-61)71-59/h15,17,19-20,47-50,52-59,61-63,65-69H,3-14,16,18,21-46H2,1-2H3,(H,60,64)/b17-15-,20-19-. The molecule has 430 valence electrons. The van der Waals surface area contributed by atoms with Crippen molar-refractivity contribution in [3.8, 4) is 0 Å². The molecule has 0 aromatic heterocycles. The molecule has 73 heavy (non-hydrogen) atoms. The summed E-state index contributed by atoms with van der Waals surface area (Å²) in [5, 5.41) is 87.1. The fraction of sp³-hybridized carbons (Fsp3) is 0.915. The minimum absolute atomic E-state index is 0.205. The molecule has 2 aliphatic heterocycles. The molecule has 2 saturated heterocycles. The lowest BCUT2D eigenvalue weighted by atomic mass is 9.97. The number of ether oxygens (including phenoxy) is 4. The Morgan fingerprint density at radius 1 is 0.493 bits per heavy atom. The van der Waals surface area contributed by atoms with Crippen LogP contribution in [0, 0.1) is 0 Å². The van der Waals surface area contributed by atoms with Gasteiger partial charge in [-0.25, -0.2) is 0 Å². The Kier molecular flexibility index (Phi) is 42.1. The Labute approximate surface area is 443 Å². The highest BCUT2D eigenvalue weighted by molar-refractivity contribution is 5.76. The van der Waals surface area contributed by atoms with Gasteiger partial charge in [-0.2, -0.15) is 0 Å². The highest BCUT2D eigenvalue weighted by Gasteiger charge is 2.51. The summed E-state index contributed by atoms with van der Waals surface area (Å²) in [6, 6.07) is -0.825. The molecule has 12 atom stereocenters. The molecule has 0 bridgehead atoms. The van der Waals surface area contributed by atoms with Crippen molar-refractivity contribution in [2.24, 2.45) is 0 Å². The van der Waals surface area contributed by atoms with E-state index in [4.69, 9.17) is 18.9 Å². The molecule has 9 N–H and O–H groups in total. The fourth-order valence-electron chi connectivity index (χ4n) is 10.0. The molecule has 0 radical (unpaired) electrons. The zero-order valence-electron chi connectivity index (χ0n) is 46.1. The lowest BCUT2D eigenvalue weighted by molar-refractivity contribution is -0.359. The van der Waals surface area contributed by atoms with Crippen LogP contribution in [-0.4, -0.2) is 140 Å². The smallest absolute Gasteiger partial charge is 0.220 e. The second kappa shape index (κ2) is 45.5. The van der Waals surface area contributed by atoms with Gasteiger partial charge >= 0.3 is 0 Å². The van der Waals surface area contributed by atoms with E-state index in [1.807, 2.05) is 0 Å². The molecule has 2 heterocycles. The Morgan fingerprint density at radius 3 is 1.37 bits per heavy atom. The topological polar surface area (TPSA) is 228 Å². The second-order valence-electron chi connectivity index (χ2n) is 21.5. The summed E-state index contributed by atoms with van der Waals surface area (Å²) in [5.74, 6) is -0.205. The number of aliphatic hydroxyl groups is 8. The molecule has 0 spiro atoms. The number of carbonyl (C=O) groups is 1. The van der Waals surface area contributed by atoms with Crippen molar-refractivity contribution in [3.63, 3.8) is 0 Å². The summed E-state index contributed by atoms with van der Waals surface area (Å²) in [6.07, 6.45) is 36.2. The first-order chi connectivity index (χ1) is 35.6. The normalized spacial score (nSPS) is 25.5. The number of unbranched alkanes of at least 4 members (excludes halogenated alkanes) is 31. The van der Waals surface area contributed by atoms with Crippen LogP contribution in [0.5, 0.6) is 0 Å². The molecular formula is C59H111NO13. The first-order valence-electron chi connectivity index (χ1n) is 30.1. The molecule has 2 rings (SSSR count). The number of allylic oxidation sites excluding steroid dienone is 4. The van der Waals surface area contributed by atoms with Gasteiger partial charge in [-0.3, -0.25) is 4.79 Å². The third-order valence-electron chi connectivity index (χ3n) is 14.9. The Balaban J connectivity index is 1.68. The maximum absolute atomic E-state index is 13.3. The number of hydrogen-bond acceptors (Lipinski definition) is 13. The summed E-state index contributed by atoms with van der Waals surface area (Å²) in [6.45, 7) is 2.85. The van der Waals surface area contributed by atoms with E-state index in [2.05, 4.69) is 43.5 Å². The van der Waals surface area contributed by atoms with E-state index >= 15 is 0 Å². The number of carbonyl (C=O) groups excluding carboxylic acids is 1. The monoisotopic (exact) mass is 1040 g/mol. The summed E-state index contributed by atoms with van der Waals surface area (Å²) < 4.78 is 22.8. The van der Waals surface area contributed by atoms with Gasteiger partial charge in [0, 0.05) is 6.42 Å². The van der Waals surface area contributed by atoms with Crippen molar-refractivity contribution in [1.29, 1.82) is 0 Å². The van der Waals surface area contributed by atoms with Crippen LogP contribution in [0.3, 0.4) is 0 Å². The largest absolute Gasteiger partial charge is 0.394 e. The average molecular weight is 1040 g/mol. The van der Waals surface area contributed by atoms with Gasteiger partial charge in [-0.05, 0) is 44.9 Å². The van der Waals surface area contributed by atoms with Gasteiger partial charge in [0.25, 0.3) is 0 Å².